The Kier molecular flexibility index (Phi) is 4.70. The SMILES string of the molecule is CNS(=O)(=O)c1ccc(C(=O)N2CC[C@@H]3CNC[C@@H]3CC2)cc1. The van der Waals surface area contributed by atoms with Crippen molar-refractivity contribution < 1.29 is 13.2 Å². The molecule has 7 heteroatoms. The number of carbonyl (C=O) groups is 1. The van der Waals surface area contributed by atoms with Gasteiger partial charge in [-0.25, -0.2) is 13.1 Å². The van der Waals surface area contributed by atoms with Crippen LogP contribution in [0.3, 0.4) is 0 Å². The van der Waals surface area contributed by atoms with Gasteiger partial charge in [0.2, 0.25) is 10.0 Å². The second-order valence-electron chi connectivity index (χ2n) is 6.28. The summed E-state index contributed by atoms with van der Waals surface area (Å²) in [4.78, 5) is 14.7. The third-order valence-electron chi connectivity index (χ3n) is 4.99. The normalized spacial score (nSPS) is 25.0. The predicted octanol–water partition coefficient (Wildman–Crippen LogP) is 0.666. The summed E-state index contributed by atoms with van der Waals surface area (Å²) in [5, 5.41) is 3.43. The van der Waals surface area contributed by atoms with E-state index in [1.807, 2.05) is 4.90 Å². The number of hydrogen-bond acceptors (Lipinski definition) is 4. The maximum Gasteiger partial charge on any atom is 0.253 e. The molecule has 2 saturated heterocycles. The highest BCUT2D eigenvalue weighted by Gasteiger charge is 2.31. The van der Waals surface area contributed by atoms with E-state index in [0.29, 0.717) is 17.4 Å². The molecule has 0 unspecified atom stereocenters. The van der Waals surface area contributed by atoms with Crippen molar-refractivity contribution in [1.82, 2.24) is 14.9 Å². The minimum Gasteiger partial charge on any atom is -0.339 e. The fraction of sp³-hybridized carbons (Fsp3) is 0.562. The highest BCUT2D eigenvalue weighted by Crippen LogP contribution is 2.27. The van der Waals surface area contributed by atoms with Crippen LogP contribution in [0, 0.1) is 11.8 Å². The molecule has 2 aliphatic rings. The van der Waals surface area contributed by atoms with Gasteiger partial charge in [0, 0.05) is 18.7 Å². The summed E-state index contributed by atoms with van der Waals surface area (Å²) in [6.07, 6.45) is 2.07. The standard InChI is InChI=1S/C16H23N3O3S/c1-17-23(21,22)15-4-2-12(3-5-15)16(20)19-8-6-13-10-18-11-14(13)7-9-19/h2-5,13-14,17-18H,6-11H2,1H3/t13-,14+. The van der Waals surface area contributed by atoms with Gasteiger partial charge in [-0.15, -0.1) is 0 Å². The molecule has 1 amide bonds. The van der Waals surface area contributed by atoms with Gasteiger partial charge >= 0.3 is 0 Å². The molecular formula is C16H23N3O3S. The zero-order valence-electron chi connectivity index (χ0n) is 13.3. The summed E-state index contributed by atoms with van der Waals surface area (Å²) in [5.41, 5.74) is 0.547. The third-order valence-corrected chi connectivity index (χ3v) is 6.42. The number of nitrogens with zero attached hydrogens (tertiary/aromatic N) is 1. The van der Waals surface area contributed by atoms with Crippen molar-refractivity contribution in [2.45, 2.75) is 17.7 Å². The van der Waals surface area contributed by atoms with E-state index >= 15 is 0 Å². The van der Waals surface area contributed by atoms with Gasteiger partial charge in [0.1, 0.15) is 0 Å². The molecule has 2 heterocycles. The monoisotopic (exact) mass is 337 g/mol. The van der Waals surface area contributed by atoms with Crippen molar-refractivity contribution in [1.29, 1.82) is 0 Å². The van der Waals surface area contributed by atoms with Crippen molar-refractivity contribution >= 4 is 15.9 Å². The number of rotatable bonds is 3. The second kappa shape index (κ2) is 6.59. The first-order valence-corrected chi connectivity index (χ1v) is 9.53. The van der Waals surface area contributed by atoms with Gasteiger partial charge in [-0.05, 0) is 69.1 Å². The third kappa shape index (κ3) is 3.41. The van der Waals surface area contributed by atoms with Crippen LogP contribution in [0.2, 0.25) is 0 Å². The van der Waals surface area contributed by atoms with Gasteiger partial charge in [-0.3, -0.25) is 4.79 Å². The molecule has 23 heavy (non-hydrogen) atoms. The Morgan fingerprint density at radius 3 is 2.22 bits per heavy atom. The number of hydrogen-bond donors (Lipinski definition) is 2. The molecular weight excluding hydrogens is 314 g/mol. The van der Waals surface area contributed by atoms with Gasteiger partial charge < -0.3 is 10.2 Å². The zero-order chi connectivity index (χ0) is 16.4. The molecule has 0 saturated carbocycles. The molecule has 3 rings (SSSR count). The first-order chi connectivity index (χ1) is 11.0. The molecule has 2 aliphatic heterocycles. The van der Waals surface area contributed by atoms with Gasteiger partial charge in [0.15, 0.2) is 0 Å². The van der Waals surface area contributed by atoms with Crippen LogP contribution >= 0.6 is 0 Å². The molecule has 0 spiro atoms. The number of likely N-dealkylation sites (tertiary alicyclic amines) is 1. The van der Waals surface area contributed by atoms with E-state index in [1.165, 1.54) is 19.2 Å². The first-order valence-electron chi connectivity index (χ1n) is 8.05. The van der Waals surface area contributed by atoms with Gasteiger partial charge in [0.05, 0.1) is 4.90 Å². The zero-order valence-corrected chi connectivity index (χ0v) is 14.1. The average Bonchev–Trinajstić information content (AvgIpc) is 2.93. The van der Waals surface area contributed by atoms with E-state index in [0.717, 1.165) is 39.0 Å². The maximum absolute atomic E-state index is 12.6. The summed E-state index contributed by atoms with van der Waals surface area (Å²) in [6.45, 7) is 3.67. The molecule has 6 nitrogen and oxygen atoms in total. The van der Waals surface area contributed by atoms with E-state index < -0.39 is 10.0 Å². The topological polar surface area (TPSA) is 78.5 Å². The van der Waals surface area contributed by atoms with Crippen molar-refractivity contribution in [3.05, 3.63) is 29.8 Å². The van der Waals surface area contributed by atoms with Crippen molar-refractivity contribution in [3.63, 3.8) is 0 Å². The molecule has 0 aromatic heterocycles. The van der Waals surface area contributed by atoms with E-state index in [-0.39, 0.29) is 10.8 Å². The van der Waals surface area contributed by atoms with Gasteiger partial charge in [-0.1, -0.05) is 0 Å². The van der Waals surface area contributed by atoms with Crippen LogP contribution in [0.15, 0.2) is 29.2 Å². The Morgan fingerprint density at radius 1 is 1.13 bits per heavy atom. The molecule has 0 aliphatic carbocycles. The molecule has 1 aromatic carbocycles. The number of sulfonamides is 1. The van der Waals surface area contributed by atoms with E-state index in [2.05, 4.69) is 10.0 Å². The summed E-state index contributed by atoms with van der Waals surface area (Å²) in [6, 6.07) is 6.16. The van der Waals surface area contributed by atoms with Crippen LogP contribution in [0.5, 0.6) is 0 Å². The summed E-state index contributed by atoms with van der Waals surface area (Å²) < 4.78 is 25.7. The van der Waals surface area contributed by atoms with Crippen LogP contribution in [-0.2, 0) is 10.0 Å². The minimum atomic E-state index is -3.46. The highest BCUT2D eigenvalue weighted by atomic mass is 32.2. The van der Waals surface area contributed by atoms with E-state index in [4.69, 9.17) is 0 Å². The maximum atomic E-state index is 12.6. The number of carbonyl (C=O) groups excluding carboxylic acids is 1. The molecule has 2 atom stereocenters. The lowest BCUT2D eigenvalue weighted by Crippen LogP contribution is -2.32. The summed E-state index contributed by atoms with van der Waals surface area (Å²) in [5.74, 6) is 1.35. The van der Waals surface area contributed by atoms with Crippen molar-refractivity contribution in [2.75, 3.05) is 33.2 Å². The summed E-state index contributed by atoms with van der Waals surface area (Å²) in [7, 11) is -2.09. The Morgan fingerprint density at radius 2 is 1.70 bits per heavy atom. The fourth-order valence-corrected chi connectivity index (χ4v) is 4.23. The van der Waals surface area contributed by atoms with Crippen LogP contribution in [0.4, 0.5) is 0 Å². The summed E-state index contributed by atoms with van der Waals surface area (Å²) >= 11 is 0. The quantitative estimate of drug-likeness (QED) is 0.850. The predicted molar refractivity (Wildman–Crippen MR) is 87.7 cm³/mol. The Balaban J connectivity index is 1.70. The van der Waals surface area contributed by atoms with E-state index in [9.17, 15) is 13.2 Å². The highest BCUT2D eigenvalue weighted by molar-refractivity contribution is 7.89. The molecule has 0 radical (unpaired) electrons. The van der Waals surface area contributed by atoms with Crippen LogP contribution in [-0.4, -0.2) is 52.5 Å². The van der Waals surface area contributed by atoms with Crippen LogP contribution in [0.25, 0.3) is 0 Å². The Labute approximate surface area is 137 Å². The first kappa shape index (κ1) is 16.4. The number of amides is 1. The van der Waals surface area contributed by atoms with Crippen LogP contribution in [0.1, 0.15) is 23.2 Å². The molecule has 126 valence electrons. The van der Waals surface area contributed by atoms with E-state index in [1.54, 1.807) is 12.1 Å². The fourth-order valence-electron chi connectivity index (χ4n) is 3.50. The van der Waals surface area contributed by atoms with Crippen LogP contribution < -0.4 is 10.0 Å². The van der Waals surface area contributed by atoms with Crippen molar-refractivity contribution in [3.8, 4) is 0 Å². The van der Waals surface area contributed by atoms with Crippen molar-refractivity contribution in [2.24, 2.45) is 11.8 Å². The number of benzene rings is 1. The lowest BCUT2D eigenvalue weighted by molar-refractivity contribution is 0.0758. The van der Waals surface area contributed by atoms with Gasteiger partial charge in [0.25, 0.3) is 5.91 Å². The lowest BCUT2D eigenvalue weighted by atomic mass is 9.92. The number of fused-ring (bicyclic) bond motifs is 1. The Hall–Kier alpha value is -1.44. The smallest absolute Gasteiger partial charge is 0.253 e. The molecule has 2 fully saturated rings. The molecule has 1 aromatic rings. The lowest BCUT2D eigenvalue weighted by Gasteiger charge is -2.21. The minimum absolute atomic E-state index is 0.00802. The molecule has 2 N–H and O–H groups in total. The average molecular weight is 337 g/mol. The number of nitrogens with one attached hydrogen (secondary N) is 2. The van der Waals surface area contributed by atoms with Gasteiger partial charge in [-0.2, -0.15) is 0 Å². The largest absolute Gasteiger partial charge is 0.339 e. The second-order valence-corrected chi connectivity index (χ2v) is 8.17. The Bertz CT molecular complexity index is 658. The molecule has 0 bridgehead atoms.